The van der Waals surface area contributed by atoms with Crippen molar-refractivity contribution in [2.45, 2.75) is 57.9 Å². The Labute approximate surface area is 115 Å². The van der Waals surface area contributed by atoms with Crippen molar-refractivity contribution in [3.63, 3.8) is 0 Å². The summed E-state index contributed by atoms with van der Waals surface area (Å²) in [6.45, 7) is 6.28. The second kappa shape index (κ2) is 9.25. The van der Waals surface area contributed by atoms with Crippen molar-refractivity contribution in [3.8, 4) is 0 Å². The van der Waals surface area contributed by atoms with Crippen LogP contribution in [0.15, 0.2) is 21.5 Å². The zero-order valence-corrected chi connectivity index (χ0v) is 12.5. The first-order valence-corrected chi connectivity index (χ1v) is 7.92. The quantitative estimate of drug-likeness (QED) is 0.510. The van der Waals surface area contributed by atoms with E-state index in [4.69, 9.17) is 5.73 Å². The van der Waals surface area contributed by atoms with Gasteiger partial charge in [0.25, 0.3) is 0 Å². The molecule has 0 aliphatic carbocycles. The van der Waals surface area contributed by atoms with Gasteiger partial charge in [0, 0.05) is 12.7 Å². The number of rotatable bonds is 9. The average Bonchev–Trinajstić information content (AvgIpc) is 2.70. The summed E-state index contributed by atoms with van der Waals surface area (Å²) >= 11 is 1.60. The Kier molecular flexibility index (Phi) is 7.89. The fourth-order valence-electron chi connectivity index (χ4n) is 1.82. The van der Waals surface area contributed by atoms with Crippen LogP contribution in [-0.2, 0) is 0 Å². The summed E-state index contributed by atoms with van der Waals surface area (Å²) in [4.78, 5) is 2.21. The minimum Gasteiger partial charge on any atom is -0.392 e. The maximum atomic E-state index is 5.85. The smallest absolute Gasteiger partial charge is 0.194 e. The Bertz CT molecular complexity index is 278. The van der Waals surface area contributed by atoms with Crippen molar-refractivity contribution in [2.24, 2.45) is 16.0 Å². The van der Waals surface area contributed by atoms with Crippen molar-refractivity contribution >= 4 is 11.8 Å². The monoisotopic (exact) mass is 270 g/mol. The number of nitrogens with two attached hydrogens (primary N) is 1. The van der Waals surface area contributed by atoms with Gasteiger partial charge in [-0.05, 0) is 12.8 Å². The molecule has 0 spiro atoms. The molecule has 0 bridgehead atoms. The van der Waals surface area contributed by atoms with Crippen LogP contribution in [0.4, 0.5) is 0 Å². The highest BCUT2D eigenvalue weighted by Gasteiger charge is 2.22. The molecule has 0 aromatic rings. The Morgan fingerprint density at radius 1 is 1.22 bits per heavy atom. The van der Waals surface area contributed by atoms with E-state index in [1.807, 2.05) is 6.20 Å². The summed E-state index contributed by atoms with van der Waals surface area (Å²) in [5, 5.41) is 9.52. The minimum absolute atomic E-state index is 0.0727. The van der Waals surface area contributed by atoms with Crippen molar-refractivity contribution in [1.82, 2.24) is 4.90 Å². The van der Waals surface area contributed by atoms with Crippen molar-refractivity contribution in [3.05, 3.63) is 11.2 Å². The number of hydrogen-bond donors (Lipinski definition) is 1. The predicted molar refractivity (Wildman–Crippen MR) is 79.1 cm³/mol. The Morgan fingerprint density at radius 2 is 1.94 bits per heavy atom. The van der Waals surface area contributed by atoms with Gasteiger partial charge in [0.15, 0.2) is 5.50 Å². The van der Waals surface area contributed by atoms with E-state index in [1.165, 1.54) is 32.1 Å². The Hall–Kier alpha value is -0.710. The standard InChI is InChI=1S/C13H26N4S/c1-3-5-7-9-15-16-13-17(10-8-6-4-2)11-12(14)18-13/h11,13H,3-10,14H2,1-2H3/b16-15+. The second-order valence-corrected chi connectivity index (χ2v) is 5.74. The largest absolute Gasteiger partial charge is 0.392 e. The third-order valence-electron chi connectivity index (χ3n) is 2.88. The summed E-state index contributed by atoms with van der Waals surface area (Å²) in [6, 6.07) is 0. The fourth-order valence-corrected chi connectivity index (χ4v) is 2.67. The van der Waals surface area contributed by atoms with Crippen molar-refractivity contribution < 1.29 is 0 Å². The van der Waals surface area contributed by atoms with Crippen LogP contribution in [0.5, 0.6) is 0 Å². The van der Waals surface area contributed by atoms with Gasteiger partial charge in [-0.25, -0.2) is 0 Å². The Balaban J connectivity index is 2.29. The molecule has 0 radical (unpaired) electrons. The van der Waals surface area contributed by atoms with E-state index in [0.717, 1.165) is 24.5 Å². The lowest BCUT2D eigenvalue weighted by Gasteiger charge is -2.19. The van der Waals surface area contributed by atoms with Crippen molar-refractivity contribution in [2.75, 3.05) is 13.1 Å². The molecule has 1 rings (SSSR count). The molecule has 5 heteroatoms. The molecular weight excluding hydrogens is 244 g/mol. The molecule has 0 aromatic heterocycles. The second-order valence-electron chi connectivity index (χ2n) is 4.61. The molecule has 1 atom stereocenters. The van der Waals surface area contributed by atoms with Crippen LogP contribution >= 0.6 is 11.8 Å². The lowest BCUT2D eigenvalue weighted by molar-refractivity contribution is 0.347. The SMILES string of the molecule is CCCCC/N=N/C1SC(N)=CN1CCCCC. The summed E-state index contributed by atoms with van der Waals surface area (Å²) in [7, 11) is 0. The summed E-state index contributed by atoms with van der Waals surface area (Å²) < 4.78 is 0. The van der Waals surface area contributed by atoms with Gasteiger partial charge in [-0.2, -0.15) is 10.2 Å². The predicted octanol–water partition coefficient (Wildman–Crippen LogP) is 3.91. The van der Waals surface area contributed by atoms with E-state index >= 15 is 0 Å². The van der Waals surface area contributed by atoms with Crippen LogP contribution in [-0.4, -0.2) is 23.5 Å². The normalized spacial score (nSPS) is 19.8. The fraction of sp³-hybridized carbons (Fsp3) is 0.846. The molecule has 0 amide bonds. The molecule has 1 unspecified atom stereocenters. The van der Waals surface area contributed by atoms with E-state index in [1.54, 1.807) is 11.8 Å². The van der Waals surface area contributed by atoms with Crippen LogP contribution in [0, 0.1) is 0 Å². The van der Waals surface area contributed by atoms with E-state index in [2.05, 4.69) is 29.0 Å². The van der Waals surface area contributed by atoms with Gasteiger partial charge in [0.1, 0.15) is 0 Å². The molecular formula is C13H26N4S. The summed E-state index contributed by atoms with van der Waals surface area (Å²) in [6.07, 6.45) is 9.30. The highest BCUT2D eigenvalue weighted by Crippen LogP contribution is 2.30. The van der Waals surface area contributed by atoms with Crippen LogP contribution < -0.4 is 5.73 Å². The molecule has 1 heterocycles. The first kappa shape index (κ1) is 15.3. The third kappa shape index (κ3) is 5.76. The van der Waals surface area contributed by atoms with E-state index in [0.29, 0.717) is 0 Å². The van der Waals surface area contributed by atoms with E-state index in [-0.39, 0.29) is 5.50 Å². The van der Waals surface area contributed by atoms with Gasteiger partial charge >= 0.3 is 0 Å². The topological polar surface area (TPSA) is 54.0 Å². The van der Waals surface area contributed by atoms with Gasteiger partial charge in [-0.3, -0.25) is 0 Å². The zero-order valence-electron chi connectivity index (χ0n) is 11.6. The van der Waals surface area contributed by atoms with Crippen LogP contribution in [0.2, 0.25) is 0 Å². The molecule has 4 nitrogen and oxygen atoms in total. The number of azo groups is 1. The molecule has 0 saturated carbocycles. The molecule has 1 aliphatic heterocycles. The third-order valence-corrected chi connectivity index (χ3v) is 3.83. The first-order valence-electron chi connectivity index (χ1n) is 7.04. The molecule has 0 fully saturated rings. The highest BCUT2D eigenvalue weighted by atomic mass is 32.2. The van der Waals surface area contributed by atoms with Crippen molar-refractivity contribution in [1.29, 1.82) is 0 Å². The van der Waals surface area contributed by atoms with Crippen LogP contribution in [0.25, 0.3) is 0 Å². The highest BCUT2D eigenvalue weighted by molar-refractivity contribution is 8.03. The number of hydrogen-bond acceptors (Lipinski definition) is 5. The van der Waals surface area contributed by atoms with Gasteiger partial charge in [0.2, 0.25) is 0 Å². The van der Waals surface area contributed by atoms with Gasteiger partial charge < -0.3 is 10.6 Å². The van der Waals surface area contributed by atoms with Gasteiger partial charge in [-0.1, -0.05) is 51.3 Å². The van der Waals surface area contributed by atoms with Gasteiger partial charge in [-0.15, -0.1) is 0 Å². The van der Waals surface area contributed by atoms with Crippen LogP contribution in [0.1, 0.15) is 52.4 Å². The molecule has 104 valence electrons. The lowest BCUT2D eigenvalue weighted by atomic mass is 10.2. The summed E-state index contributed by atoms with van der Waals surface area (Å²) in [5.74, 6) is 0. The van der Waals surface area contributed by atoms with E-state index < -0.39 is 0 Å². The van der Waals surface area contributed by atoms with Gasteiger partial charge in [0.05, 0.1) is 11.6 Å². The number of nitrogens with zero attached hydrogens (tertiary/aromatic N) is 3. The molecule has 1 aliphatic rings. The lowest BCUT2D eigenvalue weighted by Crippen LogP contribution is -2.23. The zero-order chi connectivity index (χ0) is 13.2. The molecule has 18 heavy (non-hydrogen) atoms. The number of unbranched alkanes of at least 4 members (excludes halogenated alkanes) is 4. The Morgan fingerprint density at radius 3 is 2.67 bits per heavy atom. The summed E-state index contributed by atoms with van der Waals surface area (Å²) in [5.41, 5.74) is 5.93. The maximum absolute atomic E-state index is 5.85. The molecule has 0 aromatic carbocycles. The van der Waals surface area contributed by atoms with Crippen LogP contribution in [0.3, 0.4) is 0 Å². The molecule has 0 saturated heterocycles. The maximum Gasteiger partial charge on any atom is 0.194 e. The first-order chi connectivity index (χ1) is 8.77. The minimum atomic E-state index is 0.0727. The number of thioether (sulfide) groups is 1. The average molecular weight is 270 g/mol. The van der Waals surface area contributed by atoms with E-state index in [9.17, 15) is 0 Å². The molecule has 2 N–H and O–H groups in total.